The molecule has 4 rings (SSSR count). The number of phenolic OH excluding ortho intramolecular Hbond substituents is 1. The van der Waals surface area contributed by atoms with Gasteiger partial charge in [0, 0.05) is 49.7 Å². The van der Waals surface area contributed by atoms with Crippen LogP contribution in [0.25, 0.3) is 0 Å². The minimum Gasteiger partial charge on any atom is -0.508 e. The number of carbonyl (C=O) groups excluding carboxylic acids is 1. The second-order valence-corrected chi connectivity index (χ2v) is 8.10. The van der Waals surface area contributed by atoms with Gasteiger partial charge in [0.25, 0.3) is 0 Å². The fraction of sp³-hybridized carbons (Fsp3) is 0.417. The number of nitrogens with one attached hydrogen (secondary N) is 1. The zero-order valence-electron chi connectivity index (χ0n) is 17.6. The van der Waals surface area contributed by atoms with Gasteiger partial charge in [0.1, 0.15) is 11.4 Å². The average molecular weight is 408 g/mol. The van der Waals surface area contributed by atoms with Crippen LogP contribution in [0.4, 0.5) is 4.79 Å². The Labute approximate surface area is 177 Å². The fourth-order valence-electron chi connectivity index (χ4n) is 4.33. The number of aromatic hydroxyl groups is 1. The highest BCUT2D eigenvalue weighted by molar-refractivity contribution is 6.01. The van der Waals surface area contributed by atoms with Gasteiger partial charge in [0.05, 0.1) is 6.61 Å². The number of rotatable bonds is 3. The number of aryl methyl sites for hydroxylation is 1. The summed E-state index contributed by atoms with van der Waals surface area (Å²) >= 11 is 0. The van der Waals surface area contributed by atoms with Crippen LogP contribution in [-0.2, 0) is 4.74 Å². The minimum absolute atomic E-state index is 0.0471. The maximum atomic E-state index is 12.1. The molecule has 2 aromatic carbocycles. The molecule has 1 spiro atoms. The van der Waals surface area contributed by atoms with E-state index in [-0.39, 0.29) is 12.1 Å². The molecular formula is C24H29N3O3. The molecule has 2 N–H and O–H groups in total. The number of piperidine rings is 1. The van der Waals surface area contributed by atoms with E-state index in [1.165, 1.54) is 5.56 Å². The number of aliphatic imine (C=N–C) groups is 1. The van der Waals surface area contributed by atoms with Crippen molar-refractivity contribution in [2.45, 2.75) is 44.8 Å². The van der Waals surface area contributed by atoms with Crippen molar-refractivity contribution < 1.29 is 14.6 Å². The van der Waals surface area contributed by atoms with Gasteiger partial charge in [-0.3, -0.25) is 10.3 Å². The van der Waals surface area contributed by atoms with Gasteiger partial charge in [-0.1, -0.05) is 48.0 Å². The number of hydrogen-bond acceptors (Lipinski definition) is 5. The molecule has 0 aromatic heterocycles. The van der Waals surface area contributed by atoms with Crippen LogP contribution in [0.2, 0.25) is 0 Å². The summed E-state index contributed by atoms with van der Waals surface area (Å²) in [7, 11) is 0. The Balaban J connectivity index is 1.64. The van der Waals surface area contributed by atoms with E-state index in [0.29, 0.717) is 44.7 Å². The van der Waals surface area contributed by atoms with Gasteiger partial charge in [-0.15, -0.1) is 0 Å². The lowest BCUT2D eigenvalue weighted by molar-refractivity contribution is 0.0778. The van der Waals surface area contributed by atoms with Crippen molar-refractivity contribution >= 4 is 11.8 Å². The molecule has 6 heteroatoms. The summed E-state index contributed by atoms with van der Waals surface area (Å²) in [4.78, 5) is 19.0. The predicted octanol–water partition coefficient (Wildman–Crippen LogP) is 4.17. The van der Waals surface area contributed by atoms with Gasteiger partial charge in [-0.05, 0) is 25.5 Å². The third-order valence-corrected chi connectivity index (χ3v) is 6.00. The Kier molecular flexibility index (Phi) is 5.77. The molecule has 0 unspecified atom stereocenters. The van der Waals surface area contributed by atoms with E-state index in [1.54, 1.807) is 11.0 Å². The summed E-state index contributed by atoms with van der Waals surface area (Å²) < 4.78 is 5.16. The first-order valence-corrected chi connectivity index (χ1v) is 10.6. The van der Waals surface area contributed by atoms with E-state index in [0.717, 1.165) is 16.8 Å². The number of ether oxygens (including phenoxy) is 1. The summed E-state index contributed by atoms with van der Waals surface area (Å²) in [5, 5.41) is 14.2. The molecule has 2 heterocycles. The van der Waals surface area contributed by atoms with E-state index in [1.807, 2.05) is 25.1 Å². The second kappa shape index (κ2) is 8.48. The number of benzene rings is 2. The first kappa shape index (κ1) is 20.4. The van der Waals surface area contributed by atoms with Crippen molar-refractivity contribution in [1.29, 1.82) is 0 Å². The molecule has 6 nitrogen and oxygen atoms in total. The topological polar surface area (TPSA) is 74.2 Å². The van der Waals surface area contributed by atoms with Crippen molar-refractivity contribution in [3.63, 3.8) is 0 Å². The third-order valence-electron chi connectivity index (χ3n) is 6.00. The lowest BCUT2D eigenvalue weighted by atomic mass is 9.87. The van der Waals surface area contributed by atoms with E-state index in [2.05, 4.69) is 36.5 Å². The minimum atomic E-state index is -0.464. The summed E-state index contributed by atoms with van der Waals surface area (Å²) in [6.45, 7) is 5.45. The zero-order valence-corrected chi connectivity index (χ0v) is 17.6. The van der Waals surface area contributed by atoms with E-state index < -0.39 is 5.66 Å². The molecular weight excluding hydrogens is 378 g/mol. The summed E-state index contributed by atoms with van der Waals surface area (Å²) in [6, 6.07) is 15.9. The van der Waals surface area contributed by atoms with Crippen LogP contribution in [0.5, 0.6) is 5.75 Å². The van der Waals surface area contributed by atoms with Crippen molar-refractivity contribution in [2.24, 2.45) is 4.99 Å². The van der Waals surface area contributed by atoms with Crippen LogP contribution in [0.1, 0.15) is 48.9 Å². The van der Waals surface area contributed by atoms with Crippen LogP contribution in [-0.4, -0.2) is 47.2 Å². The quantitative estimate of drug-likeness (QED) is 0.801. The van der Waals surface area contributed by atoms with Crippen molar-refractivity contribution in [2.75, 3.05) is 19.7 Å². The molecule has 158 valence electrons. The highest BCUT2D eigenvalue weighted by atomic mass is 16.6. The van der Waals surface area contributed by atoms with Crippen molar-refractivity contribution in [3.8, 4) is 5.75 Å². The largest absolute Gasteiger partial charge is 0.508 e. The Morgan fingerprint density at radius 1 is 1.20 bits per heavy atom. The van der Waals surface area contributed by atoms with E-state index >= 15 is 0 Å². The zero-order chi connectivity index (χ0) is 21.1. The Morgan fingerprint density at radius 3 is 2.57 bits per heavy atom. The number of hydrogen-bond donors (Lipinski definition) is 2. The molecule has 1 saturated heterocycles. The number of amides is 1. The average Bonchev–Trinajstić information content (AvgIpc) is 2.75. The van der Waals surface area contributed by atoms with Gasteiger partial charge in [-0.25, -0.2) is 4.79 Å². The molecule has 2 aliphatic heterocycles. The van der Waals surface area contributed by atoms with Crippen LogP contribution in [0, 0.1) is 6.92 Å². The van der Waals surface area contributed by atoms with Crippen LogP contribution in [0.15, 0.2) is 53.5 Å². The predicted molar refractivity (Wildman–Crippen MR) is 117 cm³/mol. The van der Waals surface area contributed by atoms with Crippen molar-refractivity contribution in [1.82, 2.24) is 10.2 Å². The highest BCUT2D eigenvalue weighted by Gasteiger charge is 2.41. The van der Waals surface area contributed by atoms with Gasteiger partial charge in [0.15, 0.2) is 0 Å². The van der Waals surface area contributed by atoms with Gasteiger partial charge >= 0.3 is 6.09 Å². The molecule has 1 fully saturated rings. The molecule has 0 aliphatic carbocycles. The monoisotopic (exact) mass is 407 g/mol. The number of carbonyl (C=O) groups is 1. The van der Waals surface area contributed by atoms with E-state index in [9.17, 15) is 9.90 Å². The summed E-state index contributed by atoms with van der Waals surface area (Å²) in [5.74, 6) is 0.291. The maximum absolute atomic E-state index is 12.1. The number of nitrogens with zero attached hydrogens (tertiary/aromatic N) is 2. The van der Waals surface area contributed by atoms with E-state index in [4.69, 9.17) is 9.73 Å². The summed E-state index contributed by atoms with van der Waals surface area (Å²) in [5.41, 5.74) is 3.77. The molecule has 2 aliphatic rings. The molecule has 30 heavy (non-hydrogen) atoms. The van der Waals surface area contributed by atoms with Gasteiger partial charge in [0.2, 0.25) is 0 Å². The lowest BCUT2D eigenvalue weighted by Crippen LogP contribution is -2.56. The standard InChI is InChI=1S/C24H29N3O3/c1-3-30-23(29)27-14-12-24(13-15-27)25-20(18-10-8-17(2)9-11-18)16-21(26-24)19-6-4-5-7-22(19)28/h4-11,21,26,28H,3,12-16H2,1-2H3/t21-/m0/s1. The third kappa shape index (κ3) is 4.19. The SMILES string of the molecule is CCOC(=O)N1CCC2(CC1)N=C(c1ccc(C)cc1)C[C@@H](c1ccccc1O)N2. The Morgan fingerprint density at radius 2 is 1.90 bits per heavy atom. The molecule has 0 saturated carbocycles. The number of para-hydroxylation sites is 1. The first-order valence-electron chi connectivity index (χ1n) is 10.6. The van der Waals surface area contributed by atoms with Crippen LogP contribution < -0.4 is 5.32 Å². The summed E-state index contributed by atoms with van der Waals surface area (Å²) in [6.07, 6.45) is 1.84. The smallest absolute Gasteiger partial charge is 0.409 e. The van der Waals surface area contributed by atoms with Crippen molar-refractivity contribution in [3.05, 3.63) is 65.2 Å². The number of phenols is 1. The fourth-order valence-corrected chi connectivity index (χ4v) is 4.33. The van der Waals surface area contributed by atoms with Gasteiger partial charge in [-0.2, -0.15) is 0 Å². The van der Waals surface area contributed by atoms with Gasteiger partial charge < -0.3 is 14.7 Å². The molecule has 0 radical (unpaired) electrons. The second-order valence-electron chi connectivity index (χ2n) is 8.10. The van der Waals surface area contributed by atoms with Crippen LogP contribution >= 0.6 is 0 Å². The molecule has 1 atom stereocenters. The molecule has 1 amide bonds. The number of likely N-dealkylation sites (tertiary alicyclic amines) is 1. The molecule has 0 bridgehead atoms. The normalized spacial score (nSPS) is 20.7. The lowest BCUT2D eigenvalue weighted by Gasteiger charge is -2.45. The molecule has 2 aromatic rings. The first-order chi connectivity index (χ1) is 14.5. The van der Waals surface area contributed by atoms with Crippen LogP contribution in [0.3, 0.4) is 0 Å². The Bertz CT molecular complexity index is 931. The highest BCUT2D eigenvalue weighted by Crippen LogP contribution is 2.37. The maximum Gasteiger partial charge on any atom is 0.409 e. The Hall–Kier alpha value is -2.86.